The van der Waals surface area contributed by atoms with Gasteiger partial charge in [-0.25, -0.2) is 0 Å². The van der Waals surface area contributed by atoms with E-state index >= 15 is 0 Å². The lowest BCUT2D eigenvalue weighted by Crippen LogP contribution is -1.84. The van der Waals surface area contributed by atoms with Crippen LogP contribution in [0.5, 0.6) is 0 Å². The molecular weight excluding hydrogens is 251 g/mol. The van der Waals surface area contributed by atoms with Crippen molar-refractivity contribution in [3.05, 3.63) is 38.8 Å². The number of benzene rings is 1. The summed E-state index contributed by atoms with van der Waals surface area (Å²) in [7, 11) is 0. The summed E-state index contributed by atoms with van der Waals surface area (Å²) in [5, 5.41) is 9.53. The third-order valence-corrected chi connectivity index (χ3v) is 2.57. The Morgan fingerprint density at radius 2 is 2.31 bits per heavy atom. The summed E-state index contributed by atoms with van der Waals surface area (Å²) in [5.74, 6) is 0. The standard InChI is InChI=1S/C10H10BrClO/c1-7(6-13)4-8-5-9(12)2-3-10(8)11/h2-5,13H,6H2,1H3/b7-4-. The molecule has 0 fully saturated rings. The van der Waals surface area contributed by atoms with Gasteiger partial charge in [0.2, 0.25) is 0 Å². The average Bonchev–Trinajstić information content (AvgIpc) is 2.11. The monoisotopic (exact) mass is 260 g/mol. The van der Waals surface area contributed by atoms with Crippen molar-refractivity contribution in [2.45, 2.75) is 6.92 Å². The molecule has 0 saturated heterocycles. The van der Waals surface area contributed by atoms with Gasteiger partial charge in [0.1, 0.15) is 0 Å². The van der Waals surface area contributed by atoms with Crippen molar-refractivity contribution in [3.63, 3.8) is 0 Å². The molecule has 0 bridgehead atoms. The van der Waals surface area contributed by atoms with Crippen LogP contribution in [0.25, 0.3) is 6.08 Å². The minimum Gasteiger partial charge on any atom is -0.392 e. The molecular formula is C10H10BrClO. The van der Waals surface area contributed by atoms with E-state index in [1.807, 2.05) is 31.2 Å². The van der Waals surface area contributed by atoms with Crippen molar-refractivity contribution >= 4 is 33.6 Å². The molecule has 0 amide bonds. The molecule has 0 aliphatic rings. The largest absolute Gasteiger partial charge is 0.392 e. The maximum Gasteiger partial charge on any atom is 0.0642 e. The fourth-order valence-electron chi connectivity index (χ4n) is 0.936. The summed E-state index contributed by atoms with van der Waals surface area (Å²) in [6, 6.07) is 5.56. The zero-order valence-electron chi connectivity index (χ0n) is 7.22. The Labute approximate surface area is 91.2 Å². The van der Waals surface area contributed by atoms with Crippen LogP contribution in [0.1, 0.15) is 12.5 Å². The van der Waals surface area contributed by atoms with Gasteiger partial charge in [-0.2, -0.15) is 0 Å². The highest BCUT2D eigenvalue weighted by Crippen LogP contribution is 2.23. The van der Waals surface area contributed by atoms with Crippen LogP contribution >= 0.6 is 27.5 Å². The molecule has 0 aliphatic carbocycles. The van der Waals surface area contributed by atoms with Crippen LogP contribution in [0.4, 0.5) is 0 Å². The molecule has 1 nitrogen and oxygen atoms in total. The molecule has 0 saturated carbocycles. The molecule has 1 aromatic rings. The Morgan fingerprint density at radius 1 is 1.62 bits per heavy atom. The minimum absolute atomic E-state index is 0.0684. The van der Waals surface area contributed by atoms with Crippen LogP contribution in [-0.4, -0.2) is 11.7 Å². The van der Waals surface area contributed by atoms with Crippen LogP contribution < -0.4 is 0 Å². The molecule has 70 valence electrons. The lowest BCUT2D eigenvalue weighted by Gasteiger charge is -2.01. The smallest absolute Gasteiger partial charge is 0.0642 e. The molecule has 0 radical (unpaired) electrons. The Hall–Kier alpha value is -0.310. The predicted molar refractivity (Wildman–Crippen MR) is 59.9 cm³/mol. The molecule has 0 aromatic heterocycles. The highest BCUT2D eigenvalue weighted by molar-refractivity contribution is 9.10. The van der Waals surface area contributed by atoms with Crippen molar-refractivity contribution in [2.24, 2.45) is 0 Å². The van der Waals surface area contributed by atoms with Crippen molar-refractivity contribution in [3.8, 4) is 0 Å². The quantitative estimate of drug-likeness (QED) is 0.864. The Bertz CT molecular complexity index is 334. The van der Waals surface area contributed by atoms with Gasteiger partial charge >= 0.3 is 0 Å². The van der Waals surface area contributed by atoms with Gasteiger partial charge < -0.3 is 5.11 Å². The van der Waals surface area contributed by atoms with Crippen LogP contribution in [0.2, 0.25) is 5.02 Å². The average molecular weight is 262 g/mol. The fourth-order valence-corrected chi connectivity index (χ4v) is 1.48. The first-order valence-electron chi connectivity index (χ1n) is 3.86. The molecule has 0 aliphatic heterocycles. The molecule has 0 atom stereocenters. The van der Waals surface area contributed by atoms with Gasteiger partial charge in [-0.15, -0.1) is 0 Å². The molecule has 1 aromatic carbocycles. The second kappa shape index (κ2) is 4.80. The third-order valence-electron chi connectivity index (χ3n) is 1.61. The first kappa shape index (κ1) is 10.8. The SMILES string of the molecule is C/C(=C/c1cc(Cl)ccc1Br)CO. The van der Waals surface area contributed by atoms with E-state index in [0.717, 1.165) is 15.6 Å². The van der Waals surface area contributed by atoms with Crippen molar-refractivity contribution in [1.82, 2.24) is 0 Å². The number of aliphatic hydroxyl groups is 1. The minimum atomic E-state index is 0.0684. The lowest BCUT2D eigenvalue weighted by atomic mass is 10.1. The van der Waals surface area contributed by atoms with E-state index in [-0.39, 0.29) is 6.61 Å². The van der Waals surface area contributed by atoms with Gasteiger partial charge in [0, 0.05) is 9.50 Å². The second-order valence-electron chi connectivity index (χ2n) is 2.81. The van der Waals surface area contributed by atoms with E-state index in [0.29, 0.717) is 5.02 Å². The summed E-state index contributed by atoms with van der Waals surface area (Å²) >= 11 is 9.23. The van der Waals surface area contributed by atoms with Gasteiger partial charge in [0.15, 0.2) is 0 Å². The highest BCUT2D eigenvalue weighted by atomic mass is 79.9. The fraction of sp³-hybridized carbons (Fsp3) is 0.200. The number of hydrogen-bond donors (Lipinski definition) is 1. The van der Waals surface area contributed by atoms with Crippen LogP contribution in [0.15, 0.2) is 28.2 Å². The number of halogens is 2. The van der Waals surface area contributed by atoms with E-state index in [2.05, 4.69) is 15.9 Å². The molecule has 1 N–H and O–H groups in total. The van der Waals surface area contributed by atoms with E-state index in [9.17, 15) is 0 Å². The maximum atomic E-state index is 8.84. The Balaban J connectivity index is 3.07. The van der Waals surface area contributed by atoms with Crippen molar-refractivity contribution < 1.29 is 5.11 Å². The summed E-state index contributed by atoms with van der Waals surface area (Å²) in [5.41, 5.74) is 1.89. The molecule has 0 unspecified atom stereocenters. The van der Waals surface area contributed by atoms with Crippen molar-refractivity contribution in [1.29, 1.82) is 0 Å². The van der Waals surface area contributed by atoms with Gasteiger partial charge in [-0.1, -0.05) is 33.6 Å². The van der Waals surface area contributed by atoms with E-state index in [1.54, 1.807) is 0 Å². The van der Waals surface area contributed by atoms with Crippen molar-refractivity contribution in [2.75, 3.05) is 6.61 Å². The zero-order chi connectivity index (χ0) is 9.84. The number of rotatable bonds is 2. The first-order chi connectivity index (χ1) is 6.13. The zero-order valence-corrected chi connectivity index (χ0v) is 9.56. The predicted octanol–water partition coefficient (Wildman–Crippen LogP) is 3.50. The maximum absolute atomic E-state index is 8.84. The summed E-state index contributed by atoms with van der Waals surface area (Å²) in [4.78, 5) is 0. The topological polar surface area (TPSA) is 20.2 Å². The van der Waals surface area contributed by atoms with E-state index in [4.69, 9.17) is 16.7 Å². The number of aliphatic hydroxyl groups excluding tert-OH is 1. The summed E-state index contributed by atoms with van der Waals surface area (Å²) < 4.78 is 0.977. The highest BCUT2D eigenvalue weighted by Gasteiger charge is 1.97. The molecule has 0 spiro atoms. The van der Waals surface area contributed by atoms with Gasteiger partial charge in [0.05, 0.1) is 6.61 Å². The van der Waals surface area contributed by atoms with E-state index < -0.39 is 0 Å². The van der Waals surface area contributed by atoms with Gasteiger partial charge in [0.25, 0.3) is 0 Å². The summed E-state index contributed by atoms with van der Waals surface area (Å²) in [6.45, 7) is 1.94. The molecule has 1 rings (SSSR count). The Morgan fingerprint density at radius 3 is 2.92 bits per heavy atom. The first-order valence-corrected chi connectivity index (χ1v) is 5.03. The Kier molecular flexibility index (Phi) is 3.97. The third kappa shape index (κ3) is 3.14. The summed E-state index contributed by atoms with van der Waals surface area (Å²) in [6.07, 6.45) is 1.90. The normalized spacial score (nSPS) is 11.8. The molecule has 0 heterocycles. The van der Waals surface area contributed by atoms with E-state index in [1.165, 1.54) is 0 Å². The van der Waals surface area contributed by atoms with Crippen LogP contribution in [0, 0.1) is 0 Å². The number of hydrogen-bond acceptors (Lipinski definition) is 1. The lowest BCUT2D eigenvalue weighted by molar-refractivity contribution is 0.332. The molecule has 13 heavy (non-hydrogen) atoms. The second-order valence-corrected chi connectivity index (χ2v) is 4.11. The molecule has 3 heteroatoms. The van der Waals surface area contributed by atoms with Gasteiger partial charge in [-0.3, -0.25) is 0 Å². The van der Waals surface area contributed by atoms with Crippen LogP contribution in [-0.2, 0) is 0 Å². The van der Waals surface area contributed by atoms with Crippen LogP contribution in [0.3, 0.4) is 0 Å². The van der Waals surface area contributed by atoms with Gasteiger partial charge in [-0.05, 0) is 36.3 Å².